The lowest BCUT2D eigenvalue weighted by Crippen LogP contribution is -2.31. The Morgan fingerprint density at radius 2 is 1.77 bits per heavy atom. The molecule has 118 valence electrons. The number of nitrogens with zero attached hydrogens (tertiary/aromatic N) is 1. The van der Waals surface area contributed by atoms with Crippen LogP contribution in [-0.4, -0.2) is 17.4 Å². The Kier molecular flexibility index (Phi) is 6.44. The second-order valence-electron chi connectivity index (χ2n) is 5.32. The van der Waals surface area contributed by atoms with E-state index in [9.17, 15) is 4.79 Å². The molecular formula is C18H23ClN2O. The number of benzene rings is 2. The Morgan fingerprint density at radius 1 is 1.09 bits per heavy atom. The molecule has 0 fully saturated rings. The van der Waals surface area contributed by atoms with Gasteiger partial charge in [-0.05, 0) is 49.6 Å². The molecule has 2 aromatic rings. The number of amides is 1. The zero-order valence-electron chi connectivity index (χ0n) is 13.3. The third kappa shape index (κ3) is 4.01. The Morgan fingerprint density at radius 3 is 2.41 bits per heavy atom. The normalized spacial score (nSPS) is 9.95. The van der Waals surface area contributed by atoms with Crippen LogP contribution in [-0.2, 0) is 6.54 Å². The Hall–Kier alpha value is -2.00. The topological polar surface area (TPSA) is 46.3 Å². The molecule has 0 radical (unpaired) electrons. The summed E-state index contributed by atoms with van der Waals surface area (Å²) in [6.07, 6.45) is 0. The fourth-order valence-electron chi connectivity index (χ4n) is 2.36. The average Bonchev–Trinajstić information content (AvgIpc) is 2.48. The van der Waals surface area contributed by atoms with Crippen LogP contribution in [0.1, 0.15) is 34.0 Å². The molecule has 0 bridgehead atoms. The lowest BCUT2D eigenvalue weighted by molar-refractivity contribution is 0.0751. The van der Waals surface area contributed by atoms with Gasteiger partial charge in [-0.1, -0.05) is 30.3 Å². The number of rotatable bonds is 4. The molecule has 2 aromatic carbocycles. The third-order valence-corrected chi connectivity index (χ3v) is 3.78. The van der Waals surface area contributed by atoms with E-state index in [0.29, 0.717) is 24.3 Å². The first-order valence-corrected chi connectivity index (χ1v) is 7.22. The molecular weight excluding hydrogens is 296 g/mol. The molecule has 2 rings (SSSR count). The molecule has 1 amide bonds. The van der Waals surface area contributed by atoms with E-state index in [4.69, 9.17) is 5.73 Å². The summed E-state index contributed by atoms with van der Waals surface area (Å²) in [5, 5.41) is 0. The summed E-state index contributed by atoms with van der Waals surface area (Å²) in [6, 6.07) is 13.6. The van der Waals surface area contributed by atoms with Gasteiger partial charge in [-0.25, -0.2) is 0 Å². The van der Waals surface area contributed by atoms with E-state index < -0.39 is 0 Å². The summed E-state index contributed by atoms with van der Waals surface area (Å²) < 4.78 is 0. The summed E-state index contributed by atoms with van der Waals surface area (Å²) >= 11 is 0. The molecule has 2 N–H and O–H groups in total. The maximum absolute atomic E-state index is 12.7. The maximum atomic E-state index is 12.7. The van der Waals surface area contributed by atoms with Crippen molar-refractivity contribution >= 4 is 24.0 Å². The van der Waals surface area contributed by atoms with Crippen molar-refractivity contribution in [2.45, 2.75) is 27.3 Å². The summed E-state index contributed by atoms with van der Waals surface area (Å²) in [5.41, 5.74) is 10.5. The van der Waals surface area contributed by atoms with Crippen LogP contribution in [0.15, 0.2) is 42.5 Å². The highest BCUT2D eigenvalue weighted by Crippen LogP contribution is 2.17. The lowest BCUT2D eigenvalue weighted by atomic mass is 10.0. The Balaban J connectivity index is 0.00000242. The largest absolute Gasteiger partial charge is 0.399 e. The quantitative estimate of drug-likeness (QED) is 0.867. The van der Waals surface area contributed by atoms with E-state index >= 15 is 0 Å². The number of nitrogen functional groups attached to an aromatic ring is 1. The molecule has 0 saturated heterocycles. The van der Waals surface area contributed by atoms with Crippen molar-refractivity contribution in [2.24, 2.45) is 0 Å². The first-order chi connectivity index (χ1) is 10.0. The van der Waals surface area contributed by atoms with Crippen LogP contribution in [0.3, 0.4) is 0 Å². The SMILES string of the molecule is CCN(Cc1ccccc1C)C(=O)c1cc(N)ccc1C.Cl. The average molecular weight is 319 g/mol. The summed E-state index contributed by atoms with van der Waals surface area (Å²) in [5.74, 6) is 0.0329. The van der Waals surface area contributed by atoms with Crippen molar-refractivity contribution in [3.8, 4) is 0 Å². The van der Waals surface area contributed by atoms with Crippen LogP contribution in [0.4, 0.5) is 5.69 Å². The van der Waals surface area contributed by atoms with E-state index in [2.05, 4.69) is 19.1 Å². The van der Waals surface area contributed by atoms with E-state index in [-0.39, 0.29) is 18.3 Å². The lowest BCUT2D eigenvalue weighted by Gasteiger charge is -2.23. The van der Waals surface area contributed by atoms with Gasteiger partial charge in [0.2, 0.25) is 0 Å². The van der Waals surface area contributed by atoms with Gasteiger partial charge in [0.1, 0.15) is 0 Å². The first-order valence-electron chi connectivity index (χ1n) is 7.22. The van der Waals surface area contributed by atoms with Crippen molar-refractivity contribution in [3.05, 3.63) is 64.7 Å². The molecule has 0 saturated carbocycles. The van der Waals surface area contributed by atoms with Gasteiger partial charge in [0.15, 0.2) is 0 Å². The number of hydrogen-bond donors (Lipinski definition) is 1. The molecule has 22 heavy (non-hydrogen) atoms. The third-order valence-electron chi connectivity index (χ3n) is 3.78. The fraction of sp³-hybridized carbons (Fsp3) is 0.278. The van der Waals surface area contributed by atoms with Crippen molar-refractivity contribution in [1.82, 2.24) is 4.90 Å². The highest BCUT2D eigenvalue weighted by molar-refractivity contribution is 5.96. The number of aryl methyl sites for hydroxylation is 2. The number of carbonyl (C=O) groups is 1. The minimum absolute atomic E-state index is 0. The second kappa shape index (κ2) is 7.85. The van der Waals surface area contributed by atoms with Crippen LogP contribution in [0, 0.1) is 13.8 Å². The van der Waals surface area contributed by atoms with Gasteiger partial charge >= 0.3 is 0 Å². The Bertz CT molecular complexity index is 655. The van der Waals surface area contributed by atoms with Gasteiger partial charge in [-0.2, -0.15) is 0 Å². The standard InChI is InChI=1S/C18H22N2O.ClH/c1-4-20(12-15-8-6-5-7-13(15)2)18(21)17-11-16(19)10-9-14(17)3;/h5-11H,4,12,19H2,1-3H3;1H. The molecule has 4 heteroatoms. The molecule has 0 aromatic heterocycles. The number of anilines is 1. The zero-order valence-corrected chi connectivity index (χ0v) is 14.1. The predicted octanol–water partition coefficient (Wildman–Crippen LogP) is 3.97. The van der Waals surface area contributed by atoms with E-state index in [1.165, 1.54) is 11.1 Å². The van der Waals surface area contributed by atoms with Gasteiger partial charge in [0.25, 0.3) is 5.91 Å². The number of halogens is 1. The van der Waals surface area contributed by atoms with Crippen molar-refractivity contribution in [2.75, 3.05) is 12.3 Å². The molecule has 0 spiro atoms. The summed E-state index contributed by atoms with van der Waals surface area (Å²) in [6.45, 7) is 7.29. The molecule has 0 aliphatic rings. The van der Waals surface area contributed by atoms with Crippen LogP contribution in [0.25, 0.3) is 0 Å². The van der Waals surface area contributed by atoms with Crippen molar-refractivity contribution < 1.29 is 4.79 Å². The molecule has 3 nitrogen and oxygen atoms in total. The van der Waals surface area contributed by atoms with Crippen LogP contribution >= 0.6 is 12.4 Å². The van der Waals surface area contributed by atoms with Gasteiger partial charge in [0, 0.05) is 24.3 Å². The number of hydrogen-bond acceptors (Lipinski definition) is 2. The number of nitrogens with two attached hydrogens (primary N) is 1. The van der Waals surface area contributed by atoms with Gasteiger partial charge < -0.3 is 10.6 Å². The highest BCUT2D eigenvalue weighted by Gasteiger charge is 2.17. The molecule has 0 aliphatic heterocycles. The van der Waals surface area contributed by atoms with Crippen molar-refractivity contribution in [1.29, 1.82) is 0 Å². The van der Waals surface area contributed by atoms with Crippen LogP contribution in [0.5, 0.6) is 0 Å². The summed E-state index contributed by atoms with van der Waals surface area (Å²) in [4.78, 5) is 14.6. The molecule has 0 heterocycles. The van der Waals surface area contributed by atoms with Gasteiger partial charge in [-0.3, -0.25) is 4.79 Å². The van der Waals surface area contributed by atoms with E-state index in [1.54, 1.807) is 6.07 Å². The minimum atomic E-state index is 0. The Labute approximate surface area is 138 Å². The van der Waals surface area contributed by atoms with Gasteiger partial charge in [0.05, 0.1) is 0 Å². The van der Waals surface area contributed by atoms with Crippen LogP contribution < -0.4 is 5.73 Å². The second-order valence-corrected chi connectivity index (χ2v) is 5.32. The summed E-state index contributed by atoms with van der Waals surface area (Å²) in [7, 11) is 0. The smallest absolute Gasteiger partial charge is 0.254 e. The minimum Gasteiger partial charge on any atom is -0.399 e. The first kappa shape index (κ1) is 18.1. The van der Waals surface area contributed by atoms with E-state index in [0.717, 1.165) is 5.56 Å². The zero-order chi connectivity index (χ0) is 15.4. The monoisotopic (exact) mass is 318 g/mol. The molecule has 0 aliphatic carbocycles. The van der Waals surface area contributed by atoms with E-state index in [1.807, 2.05) is 43.0 Å². The maximum Gasteiger partial charge on any atom is 0.254 e. The molecule has 0 atom stereocenters. The van der Waals surface area contributed by atoms with Crippen LogP contribution in [0.2, 0.25) is 0 Å². The number of carbonyl (C=O) groups excluding carboxylic acids is 1. The van der Waals surface area contributed by atoms with Crippen molar-refractivity contribution in [3.63, 3.8) is 0 Å². The van der Waals surface area contributed by atoms with Gasteiger partial charge in [-0.15, -0.1) is 12.4 Å². The fourth-order valence-corrected chi connectivity index (χ4v) is 2.36. The predicted molar refractivity (Wildman–Crippen MR) is 94.4 cm³/mol. The highest BCUT2D eigenvalue weighted by atomic mass is 35.5. The molecule has 0 unspecified atom stereocenters.